The number of nitrogens with zero attached hydrogens (tertiary/aromatic N) is 2. The Morgan fingerprint density at radius 3 is 2.75 bits per heavy atom. The molecule has 0 aliphatic heterocycles. The summed E-state index contributed by atoms with van der Waals surface area (Å²) in [5.41, 5.74) is 1.71. The summed E-state index contributed by atoms with van der Waals surface area (Å²) in [6.07, 6.45) is 5.77. The van der Waals surface area contributed by atoms with Crippen molar-refractivity contribution in [1.29, 1.82) is 0 Å². The molecule has 1 fully saturated rings. The van der Waals surface area contributed by atoms with Gasteiger partial charge in [-0.15, -0.1) is 11.3 Å². The van der Waals surface area contributed by atoms with Gasteiger partial charge in [-0.1, -0.05) is 61.4 Å². The monoisotopic (exact) mass is 413 g/mol. The average molecular weight is 414 g/mol. The predicted molar refractivity (Wildman–Crippen MR) is 116 cm³/mol. The highest BCUT2D eigenvalue weighted by Gasteiger charge is 2.17. The van der Waals surface area contributed by atoms with Gasteiger partial charge in [-0.25, -0.2) is 4.98 Å². The van der Waals surface area contributed by atoms with Crippen LogP contribution in [0.3, 0.4) is 0 Å². The van der Waals surface area contributed by atoms with Gasteiger partial charge in [0.2, 0.25) is 5.91 Å². The van der Waals surface area contributed by atoms with E-state index in [4.69, 9.17) is 0 Å². The van der Waals surface area contributed by atoms with Crippen molar-refractivity contribution in [2.45, 2.75) is 43.3 Å². The number of thiophene rings is 1. The molecule has 0 spiro atoms. The van der Waals surface area contributed by atoms with Gasteiger partial charge in [0.25, 0.3) is 5.56 Å². The number of nitrogens with one attached hydrogen (secondary N) is 1. The van der Waals surface area contributed by atoms with Crippen molar-refractivity contribution in [1.82, 2.24) is 14.9 Å². The van der Waals surface area contributed by atoms with Crippen LogP contribution in [0.2, 0.25) is 0 Å². The molecule has 1 aliphatic carbocycles. The molecular weight excluding hydrogens is 390 g/mol. The Bertz CT molecular complexity index is 1040. The van der Waals surface area contributed by atoms with Crippen LogP contribution in [0, 0.1) is 0 Å². The van der Waals surface area contributed by atoms with Crippen LogP contribution in [0.4, 0.5) is 0 Å². The number of hydrogen-bond donors (Lipinski definition) is 1. The van der Waals surface area contributed by atoms with Gasteiger partial charge in [-0.3, -0.25) is 14.2 Å². The van der Waals surface area contributed by atoms with Crippen LogP contribution >= 0.6 is 23.1 Å². The molecule has 0 bridgehead atoms. The molecule has 7 heteroatoms. The zero-order valence-corrected chi connectivity index (χ0v) is 17.4. The fourth-order valence-corrected chi connectivity index (χ4v) is 5.42. The molecule has 0 radical (unpaired) electrons. The molecule has 146 valence electrons. The van der Waals surface area contributed by atoms with Crippen molar-refractivity contribution in [2.24, 2.45) is 7.05 Å². The first-order chi connectivity index (χ1) is 13.6. The molecule has 2 aromatic heterocycles. The number of carbonyl (C=O) groups is 1. The van der Waals surface area contributed by atoms with Gasteiger partial charge in [0.1, 0.15) is 4.70 Å². The van der Waals surface area contributed by atoms with Gasteiger partial charge < -0.3 is 5.32 Å². The van der Waals surface area contributed by atoms with E-state index in [0.29, 0.717) is 21.4 Å². The zero-order valence-electron chi connectivity index (χ0n) is 15.8. The van der Waals surface area contributed by atoms with E-state index < -0.39 is 0 Å². The normalized spacial score (nSPS) is 15.0. The minimum atomic E-state index is -0.0626. The van der Waals surface area contributed by atoms with E-state index >= 15 is 0 Å². The highest BCUT2D eigenvalue weighted by Crippen LogP contribution is 2.31. The number of amides is 1. The quantitative estimate of drug-likeness (QED) is 0.503. The third-order valence-electron chi connectivity index (χ3n) is 5.08. The van der Waals surface area contributed by atoms with Crippen LogP contribution in [-0.2, 0) is 11.8 Å². The van der Waals surface area contributed by atoms with E-state index in [2.05, 4.69) is 10.3 Å². The number of aromatic nitrogens is 2. The van der Waals surface area contributed by atoms with E-state index in [-0.39, 0.29) is 17.2 Å². The smallest absolute Gasteiger partial charge is 0.271 e. The molecule has 4 rings (SSSR count). The Balaban J connectivity index is 1.51. The second-order valence-corrected chi connectivity index (χ2v) is 9.14. The van der Waals surface area contributed by atoms with Gasteiger partial charge in [-0.2, -0.15) is 0 Å². The summed E-state index contributed by atoms with van der Waals surface area (Å²) in [6, 6.07) is 12.3. The molecular formula is C21H23N3O2S2. The minimum Gasteiger partial charge on any atom is -0.353 e. The minimum absolute atomic E-state index is 0.0153. The van der Waals surface area contributed by atoms with Crippen molar-refractivity contribution in [2.75, 3.05) is 5.75 Å². The van der Waals surface area contributed by atoms with Gasteiger partial charge in [-0.05, 0) is 24.5 Å². The van der Waals surface area contributed by atoms with E-state index in [9.17, 15) is 9.59 Å². The summed E-state index contributed by atoms with van der Waals surface area (Å²) in [7, 11) is 1.72. The van der Waals surface area contributed by atoms with E-state index in [1.165, 1.54) is 42.4 Å². The maximum Gasteiger partial charge on any atom is 0.271 e. The Morgan fingerprint density at radius 1 is 1.25 bits per heavy atom. The first-order valence-corrected chi connectivity index (χ1v) is 11.4. The molecule has 5 nitrogen and oxygen atoms in total. The Morgan fingerprint density at radius 2 is 2.00 bits per heavy atom. The SMILES string of the molecule is Cn1c(SCC(=O)NC2CCCCC2)nc2cc(-c3ccccc3)sc2c1=O. The van der Waals surface area contributed by atoms with Crippen LogP contribution < -0.4 is 10.9 Å². The first-order valence-electron chi connectivity index (χ1n) is 9.60. The molecule has 1 aliphatic rings. The number of carbonyl (C=O) groups excluding carboxylic acids is 1. The van der Waals surface area contributed by atoms with Crippen molar-refractivity contribution >= 4 is 39.2 Å². The lowest BCUT2D eigenvalue weighted by molar-refractivity contribution is -0.119. The lowest BCUT2D eigenvalue weighted by Gasteiger charge is -2.22. The maximum atomic E-state index is 12.8. The topological polar surface area (TPSA) is 64.0 Å². The molecule has 1 N–H and O–H groups in total. The van der Waals surface area contributed by atoms with Gasteiger partial charge >= 0.3 is 0 Å². The fraction of sp³-hybridized carbons (Fsp3) is 0.381. The van der Waals surface area contributed by atoms with E-state index in [0.717, 1.165) is 23.3 Å². The molecule has 0 saturated heterocycles. The molecule has 1 amide bonds. The zero-order chi connectivity index (χ0) is 19.5. The molecule has 1 saturated carbocycles. The third-order valence-corrected chi connectivity index (χ3v) is 7.27. The number of benzene rings is 1. The first kappa shape index (κ1) is 19.2. The van der Waals surface area contributed by atoms with Crippen molar-refractivity contribution in [3.05, 3.63) is 46.8 Å². The third kappa shape index (κ3) is 4.15. The summed E-state index contributed by atoms with van der Waals surface area (Å²) in [4.78, 5) is 30.7. The average Bonchev–Trinajstić information content (AvgIpc) is 3.15. The molecule has 1 aromatic carbocycles. The second-order valence-electron chi connectivity index (χ2n) is 7.14. The van der Waals surface area contributed by atoms with Crippen molar-refractivity contribution in [3.8, 4) is 10.4 Å². The Kier molecular flexibility index (Phi) is 5.82. The highest BCUT2D eigenvalue weighted by molar-refractivity contribution is 7.99. The van der Waals surface area contributed by atoms with Crippen LogP contribution in [0.5, 0.6) is 0 Å². The maximum absolute atomic E-state index is 12.8. The van der Waals surface area contributed by atoms with Crippen LogP contribution in [0.15, 0.2) is 46.3 Å². The van der Waals surface area contributed by atoms with Crippen molar-refractivity contribution in [3.63, 3.8) is 0 Å². The summed E-state index contributed by atoms with van der Waals surface area (Å²) in [6.45, 7) is 0. The molecule has 0 atom stereocenters. The molecule has 0 unspecified atom stereocenters. The Labute approximate surface area is 172 Å². The summed E-state index contributed by atoms with van der Waals surface area (Å²) >= 11 is 2.79. The lowest BCUT2D eigenvalue weighted by Crippen LogP contribution is -2.37. The van der Waals surface area contributed by atoms with Gasteiger partial charge in [0, 0.05) is 18.0 Å². The predicted octanol–water partition coefficient (Wildman–Crippen LogP) is 4.20. The fourth-order valence-electron chi connectivity index (χ4n) is 3.56. The van der Waals surface area contributed by atoms with Crippen LogP contribution in [-0.4, -0.2) is 27.3 Å². The van der Waals surface area contributed by atoms with Gasteiger partial charge in [0.15, 0.2) is 5.16 Å². The number of hydrogen-bond acceptors (Lipinski definition) is 5. The van der Waals surface area contributed by atoms with E-state index in [1.807, 2.05) is 36.4 Å². The Hall–Kier alpha value is -2.12. The largest absolute Gasteiger partial charge is 0.353 e. The lowest BCUT2D eigenvalue weighted by atomic mass is 9.95. The molecule has 2 heterocycles. The number of rotatable bonds is 5. The van der Waals surface area contributed by atoms with Crippen LogP contribution in [0.25, 0.3) is 20.7 Å². The number of fused-ring (bicyclic) bond motifs is 1. The van der Waals surface area contributed by atoms with E-state index in [1.54, 1.807) is 11.6 Å². The summed E-state index contributed by atoms with van der Waals surface area (Å²) in [5, 5.41) is 3.69. The summed E-state index contributed by atoms with van der Waals surface area (Å²) in [5.74, 6) is 0.291. The van der Waals surface area contributed by atoms with Gasteiger partial charge in [0.05, 0.1) is 11.3 Å². The second kappa shape index (κ2) is 8.49. The molecule has 3 aromatic rings. The van der Waals surface area contributed by atoms with Crippen LogP contribution in [0.1, 0.15) is 32.1 Å². The molecule has 28 heavy (non-hydrogen) atoms. The number of thioether (sulfide) groups is 1. The highest BCUT2D eigenvalue weighted by atomic mass is 32.2. The standard InChI is InChI=1S/C21H23N3O2S2/c1-24-20(26)19-16(12-17(28-19)14-8-4-2-5-9-14)23-21(24)27-13-18(25)22-15-10-6-3-7-11-15/h2,4-5,8-9,12,15H,3,6-7,10-11,13H2,1H3,(H,22,25). The van der Waals surface area contributed by atoms with Crippen molar-refractivity contribution < 1.29 is 4.79 Å². The summed E-state index contributed by atoms with van der Waals surface area (Å²) < 4.78 is 2.20.